The number of nitrogen functional groups attached to an aromatic ring is 1. The molecule has 0 saturated carbocycles. The smallest absolute Gasteiger partial charge is 0.239 e. The standard InChI is InChI=1S/C20H25N5O/c1-4-26-20-18(21)9-10-19(24-20)23-17-7-5-15(6-8-17)16-11-22-25(13-16)12-14(2)3/h5-11,13-14H,4,12,21H2,1-3H3,(H,23,24). The number of hydrogen-bond acceptors (Lipinski definition) is 5. The molecule has 0 unspecified atom stereocenters. The molecule has 3 rings (SSSR count). The number of hydrogen-bond donors (Lipinski definition) is 2. The van der Waals surface area contributed by atoms with Crippen LogP contribution in [0.2, 0.25) is 0 Å². The molecule has 136 valence electrons. The lowest BCUT2D eigenvalue weighted by Gasteiger charge is -2.10. The van der Waals surface area contributed by atoms with E-state index in [0.717, 1.165) is 23.4 Å². The van der Waals surface area contributed by atoms with Crippen LogP contribution in [0.15, 0.2) is 48.8 Å². The van der Waals surface area contributed by atoms with Gasteiger partial charge in [-0.3, -0.25) is 4.68 Å². The Balaban J connectivity index is 1.72. The summed E-state index contributed by atoms with van der Waals surface area (Å²) in [5, 5.41) is 7.70. The van der Waals surface area contributed by atoms with Crippen molar-refractivity contribution in [3.05, 3.63) is 48.8 Å². The first-order chi connectivity index (χ1) is 12.5. The van der Waals surface area contributed by atoms with Gasteiger partial charge in [-0.05, 0) is 42.7 Å². The summed E-state index contributed by atoms with van der Waals surface area (Å²) in [6.45, 7) is 7.72. The Labute approximate surface area is 154 Å². The molecule has 0 radical (unpaired) electrons. The minimum Gasteiger partial charge on any atom is -0.476 e. The fourth-order valence-electron chi connectivity index (χ4n) is 2.65. The molecule has 3 N–H and O–H groups in total. The largest absolute Gasteiger partial charge is 0.476 e. The van der Waals surface area contributed by atoms with Crippen LogP contribution >= 0.6 is 0 Å². The Morgan fingerprint density at radius 3 is 2.58 bits per heavy atom. The molecule has 1 aromatic carbocycles. The van der Waals surface area contributed by atoms with Gasteiger partial charge in [-0.25, -0.2) is 0 Å². The Morgan fingerprint density at radius 1 is 1.12 bits per heavy atom. The maximum absolute atomic E-state index is 5.86. The Bertz CT molecular complexity index is 855. The highest BCUT2D eigenvalue weighted by Gasteiger charge is 2.06. The minimum absolute atomic E-state index is 0.451. The van der Waals surface area contributed by atoms with Crippen molar-refractivity contribution in [2.75, 3.05) is 17.7 Å². The first-order valence-corrected chi connectivity index (χ1v) is 8.84. The van der Waals surface area contributed by atoms with Crippen molar-refractivity contribution in [1.82, 2.24) is 14.8 Å². The Hall–Kier alpha value is -3.02. The number of nitrogens with one attached hydrogen (secondary N) is 1. The number of benzene rings is 1. The second-order valence-corrected chi connectivity index (χ2v) is 6.57. The van der Waals surface area contributed by atoms with Gasteiger partial charge in [-0.15, -0.1) is 0 Å². The summed E-state index contributed by atoms with van der Waals surface area (Å²) in [5.41, 5.74) is 9.59. The molecule has 0 amide bonds. The number of rotatable bonds is 7. The summed E-state index contributed by atoms with van der Waals surface area (Å²) in [4.78, 5) is 4.40. The molecule has 0 atom stereocenters. The molecule has 6 heteroatoms. The van der Waals surface area contributed by atoms with E-state index in [0.29, 0.717) is 29.9 Å². The van der Waals surface area contributed by atoms with Gasteiger partial charge in [0, 0.05) is 24.0 Å². The lowest BCUT2D eigenvalue weighted by Crippen LogP contribution is -2.03. The number of aromatic nitrogens is 3. The van der Waals surface area contributed by atoms with E-state index in [1.165, 1.54) is 0 Å². The molecule has 0 fully saturated rings. The molecule has 0 spiro atoms. The molecule has 0 aliphatic heterocycles. The molecular weight excluding hydrogens is 326 g/mol. The Kier molecular flexibility index (Phi) is 5.41. The molecule has 2 aromatic heterocycles. The maximum atomic E-state index is 5.86. The molecule has 0 saturated heterocycles. The first-order valence-electron chi connectivity index (χ1n) is 8.84. The fraction of sp³-hybridized carbons (Fsp3) is 0.300. The van der Waals surface area contributed by atoms with Gasteiger partial charge in [-0.1, -0.05) is 26.0 Å². The van der Waals surface area contributed by atoms with Crippen molar-refractivity contribution in [2.45, 2.75) is 27.3 Å². The van der Waals surface area contributed by atoms with Crippen LogP contribution in [0, 0.1) is 5.92 Å². The third-order valence-corrected chi connectivity index (χ3v) is 3.85. The molecular formula is C20H25N5O. The van der Waals surface area contributed by atoms with Crippen molar-refractivity contribution in [3.8, 4) is 17.0 Å². The van der Waals surface area contributed by atoms with E-state index in [1.54, 1.807) is 6.07 Å². The van der Waals surface area contributed by atoms with E-state index in [1.807, 2.05) is 36.0 Å². The molecule has 0 aliphatic carbocycles. The zero-order chi connectivity index (χ0) is 18.5. The SMILES string of the molecule is CCOc1nc(Nc2ccc(-c3cnn(CC(C)C)c3)cc2)ccc1N. The summed E-state index contributed by atoms with van der Waals surface area (Å²) in [5.74, 6) is 1.72. The fourth-order valence-corrected chi connectivity index (χ4v) is 2.65. The third kappa shape index (κ3) is 4.33. The van der Waals surface area contributed by atoms with Crippen LogP contribution in [-0.2, 0) is 6.54 Å². The van der Waals surface area contributed by atoms with E-state index in [9.17, 15) is 0 Å². The van der Waals surface area contributed by atoms with Crippen LogP contribution in [0.4, 0.5) is 17.2 Å². The van der Waals surface area contributed by atoms with Gasteiger partial charge in [0.2, 0.25) is 5.88 Å². The lowest BCUT2D eigenvalue weighted by atomic mass is 10.1. The number of pyridine rings is 1. The van der Waals surface area contributed by atoms with Gasteiger partial charge >= 0.3 is 0 Å². The van der Waals surface area contributed by atoms with Gasteiger partial charge in [0.15, 0.2) is 0 Å². The van der Waals surface area contributed by atoms with Crippen LogP contribution < -0.4 is 15.8 Å². The second kappa shape index (κ2) is 7.91. The quantitative estimate of drug-likeness (QED) is 0.662. The van der Waals surface area contributed by atoms with E-state index < -0.39 is 0 Å². The average Bonchev–Trinajstić information content (AvgIpc) is 3.06. The average molecular weight is 351 g/mol. The molecule has 6 nitrogen and oxygen atoms in total. The number of nitrogens with two attached hydrogens (primary N) is 1. The van der Waals surface area contributed by atoms with Gasteiger partial charge in [-0.2, -0.15) is 10.1 Å². The molecule has 26 heavy (non-hydrogen) atoms. The predicted molar refractivity (Wildman–Crippen MR) is 106 cm³/mol. The lowest BCUT2D eigenvalue weighted by molar-refractivity contribution is 0.329. The van der Waals surface area contributed by atoms with Crippen LogP contribution in [0.3, 0.4) is 0 Å². The van der Waals surface area contributed by atoms with Crippen molar-refractivity contribution in [3.63, 3.8) is 0 Å². The third-order valence-electron chi connectivity index (χ3n) is 3.85. The van der Waals surface area contributed by atoms with E-state index in [-0.39, 0.29) is 0 Å². The zero-order valence-electron chi connectivity index (χ0n) is 15.4. The Morgan fingerprint density at radius 2 is 1.88 bits per heavy atom. The summed E-state index contributed by atoms with van der Waals surface area (Å²) >= 11 is 0. The summed E-state index contributed by atoms with van der Waals surface area (Å²) < 4.78 is 7.42. The molecule has 2 heterocycles. The normalized spacial score (nSPS) is 10.9. The summed E-state index contributed by atoms with van der Waals surface area (Å²) in [7, 11) is 0. The van der Waals surface area contributed by atoms with E-state index in [2.05, 4.69) is 47.6 Å². The molecule has 0 bridgehead atoms. The van der Waals surface area contributed by atoms with Gasteiger partial charge < -0.3 is 15.8 Å². The van der Waals surface area contributed by atoms with E-state index >= 15 is 0 Å². The monoisotopic (exact) mass is 351 g/mol. The topological polar surface area (TPSA) is 78.0 Å². The number of ether oxygens (including phenoxy) is 1. The summed E-state index contributed by atoms with van der Waals surface area (Å²) in [6.07, 6.45) is 3.99. The predicted octanol–water partition coefficient (Wildman–Crippen LogP) is 4.33. The van der Waals surface area contributed by atoms with Crippen molar-refractivity contribution in [1.29, 1.82) is 0 Å². The molecule has 0 aliphatic rings. The van der Waals surface area contributed by atoms with Crippen molar-refractivity contribution in [2.24, 2.45) is 5.92 Å². The maximum Gasteiger partial charge on any atom is 0.239 e. The summed E-state index contributed by atoms with van der Waals surface area (Å²) in [6, 6.07) is 11.8. The van der Waals surface area contributed by atoms with Crippen molar-refractivity contribution >= 4 is 17.2 Å². The highest BCUT2D eigenvalue weighted by molar-refractivity contribution is 5.67. The van der Waals surface area contributed by atoms with Crippen LogP contribution in [0.5, 0.6) is 5.88 Å². The second-order valence-electron chi connectivity index (χ2n) is 6.57. The number of anilines is 3. The zero-order valence-corrected chi connectivity index (χ0v) is 15.4. The molecule has 3 aromatic rings. The van der Waals surface area contributed by atoms with Gasteiger partial charge in [0.25, 0.3) is 0 Å². The first kappa shape index (κ1) is 17.8. The van der Waals surface area contributed by atoms with Crippen LogP contribution in [-0.4, -0.2) is 21.4 Å². The van der Waals surface area contributed by atoms with Crippen LogP contribution in [0.25, 0.3) is 11.1 Å². The van der Waals surface area contributed by atoms with Gasteiger partial charge in [0.1, 0.15) is 5.82 Å². The van der Waals surface area contributed by atoms with E-state index in [4.69, 9.17) is 10.5 Å². The van der Waals surface area contributed by atoms with Crippen molar-refractivity contribution < 1.29 is 4.74 Å². The highest BCUT2D eigenvalue weighted by Crippen LogP contribution is 2.25. The van der Waals surface area contributed by atoms with Gasteiger partial charge in [0.05, 0.1) is 18.5 Å². The van der Waals surface area contributed by atoms with Crippen LogP contribution in [0.1, 0.15) is 20.8 Å². The number of nitrogens with zero attached hydrogens (tertiary/aromatic N) is 3. The minimum atomic E-state index is 0.451. The highest BCUT2D eigenvalue weighted by atomic mass is 16.5.